The first-order valence-electron chi connectivity index (χ1n) is 29.4. The van der Waals surface area contributed by atoms with E-state index in [1.165, 1.54) is 135 Å². The molecule has 0 heterocycles. The second-order valence-electron chi connectivity index (χ2n) is 21.1. The first-order valence-corrected chi connectivity index (χ1v) is 30.9. The second kappa shape index (κ2) is 50.5. The van der Waals surface area contributed by atoms with Gasteiger partial charge in [0.2, 0.25) is 5.91 Å². The van der Waals surface area contributed by atoms with Crippen LogP contribution in [0, 0.1) is 0 Å². The molecule has 0 aromatic heterocycles. The number of allylic oxidation sites excluding steroid dienone is 7. The van der Waals surface area contributed by atoms with Crippen LogP contribution in [0.15, 0.2) is 48.6 Å². The Hall–Kier alpha value is -2.03. The first-order chi connectivity index (χ1) is 33.9. The monoisotopic (exact) mass is 1000 g/mol. The average Bonchev–Trinajstić information content (AvgIpc) is 3.32. The lowest BCUT2D eigenvalue weighted by molar-refractivity contribution is -0.870. The zero-order valence-electron chi connectivity index (χ0n) is 46.7. The molecule has 1 N–H and O–H groups in total. The van der Waals surface area contributed by atoms with Crippen molar-refractivity contribution in [1.29, 1.82) is 0 Å². The van der Waals surface area contributed by atoms with Crippen LogP contribution in [-0.4, -0.2) is 69.4 Å². The van der Waals surface area contributed by atoms with Crippen LogP contribution in [0.5, 0.6) is 0 Å². The fraction of sp³-hybridized carbons (Fsp3) is 0.833. The van der Waals surface area contributed by atoms with Crippen molar-refractivity contribution >= 4 is 19.7 Å². The molecule has 0 fully saturated rings. The van der Waals surface area contributed by atoms with E-state index in [0.29, 0.717) is 17.4 Å². The van der Waals surface area contributed by atoms with Crippen LogP contribution in [0.1, 0.15) is 271 Å². The average molecular weight is 1010 g/mol. The maximum Gasteiger partial charge on any atom is 0.306 e. The minimum absolute atomic E-state index is 0.0244. The number of unbranched alkanes of at least 4 members (excludes halogenated alkanes) is 31. The van der Waals surface area contributed by atoms with E-state index in [1.807, 2.05) is 33.3 Å². The summed E-state index contributed by atoms with van der Waals surface area (Å²) in [6, 6.07) is -0.892. The molecule has 3 atom stereocenters. The number of phosphoric ester groups is 1. The quantitative estimate of drug-likeness (QED) is 0.0212. The third-order valence-corrected chi connectivity index (χ3v) is 14.0. The number of esters is 1. The molecule has 0 aromatic carbocycles. The van der Waals surface area contributed by atoms with Gasteiger partial charge in [0.15, 0.2) is 0 Å². The highest BCUT2D eigenvalue weighted by Crippen LogP contribution is 2.38. The molecule has 0 saturated carbocycles. The predicted molar refractivity (Wildman–Crippen MR) is 298 cm³/mol. The van der Waals surface area contributed by atoms with Gasteiger partial charge in [-0.2, -0.15) is 0 Å². The van der Waals surface area contributed by atoms with Crippen LogP contribution in [0.25, 0.3) is 0 Å². The predicted octanol–water partition coefficient (Wildman–Crippen LogP) is 17.1. The lowest BCUT2D eigenvalue weighted by atomic mass is 10.0. The van der Waals surface area contributed by atoms with E-state index in [-0.39, 0.29) is 24.9 Å². The van der Waals surface area contributed by atoms with Crippen molar-refractivity contribution in [2.75, 3.05) is 40.9 Å². The number of phosphoric acid groups is 1. The Bertz CT molecular complexity index is 1340. The first kappa shape index (κ1) is 68.0. The molecule has 0 aliphatic rings. The maximum atomic E-state index is 13.5. The second-order valence-corrected chi connectivity index (χ2v) is 22.5. The summed E-state index contributed by atoms with van der Waals surface area (Å²) in [5, 5.41) is 3.02. The smallest absolute Gasteiger partial charge is 0.306 e. The van der Waals surface area contributed by atoms with E-state index in [0.717, 1.165) is 103 Å². The Morgan fingerprint density at radius 2 is 0.914 bits per heavy atom. The normalized spacial score (nSPS) is 14.1. The van der Waals surface area contributed by atoms with Gasteiger partial charge in [0.1, 0.15) is 19.3 Å². The summed E-state index contributed by atoms with van der Waals surface area (Å²) >= 11 is 0. The third kappa shape index (κ3) is 50.9. The van der Waals surface area contributed by atoms with E-state index in [2.05, 4.69) is 62.5 Å². The van der Waals surface area contributed by atoms with Crippen LogP contribution in [0.4, 0.5) is 0 Å². The molecule has 0 aliphatic heterocycles. The van der Waals surface area contributed by atoms with Crippen molar-refractivity contribution in [3.05, 3.63) is 48.6 Å². The number of carbonyl (C=O) groups excluding carboxylic acids is 2. The van der Waals surface area contributed by atoms with Gasteiger partial charge in [-0.05, 0) is 63.9 Å². The third-order valence-electron chi connectivity index (χ3n) is 13.0. The van der Waals surface area contributed by atoms with Gasteiger partial charge in [0, 0.05) is 12.8 Å². The van der Waals surface area contributed by atoms with Gasteiger partial charge in [-0.3, -0.25) is 14.2 Å². The molecule has 0 rings (SSSR count). The minimum Gasteiger partial charge on any atom is -0.756 e. The number of nitrogens with one attached hydrogen (secondary N) is 1. The molecule has 0 spiro atoms. The molecule has 0 aliphatic carbocycles. The summed E-state index contributed by atoms with van der Waals surface area (Å²) in [5.74, 6) is -0.548. The van der Waals surface area contributed by atoms with Crippen LogP contribution in [0.3, 0.4) is 0 Å². The zero-order valence-corrected chi connectivity index (χ0v) is 47.6. The summed E-state index contributed by atoms with van der Waals surface area (Å²) in [5.41, 5.74) is 0. The van der Waals surface area contributed by atoms with Crippen LogP contribution < -0.4 is 10.2 Å². The number of likely N-dealkylation sites (N-methyl/N-ethyl adjacent to an activating group) is 1. The molecule has 0 bridgehead atoms. The number of rotatable bonds is 53. The van der Waals surface area contributed by atoms with Crippen molar-refractivity contribution in [1.82, 2.24) is 5.32 Å². The summed E-state index contributed by atoms with van der Waals surface area (Å²) < 4.78 is 30.2. The van der Waals surface area contributed by atoms with E-state index >= 15 is 0 Å². The molecule has 9 nitrogen and oxygen atoms in total. The van der Waals surface area contributed by atoms with Gasteiger partial charge in [-0.15, -0.1) is 0 Å². The minimum atomic E-state index is -4.69. The van der Waals surface area contributed by atoms with E-state index in [4.69, 9.17) is 13.8 Å². The van der Waals surface area contributed by atoms with E-state index in [9.17, 15) is 19.0 Å². The van der Waals surface area contributed by atoms with Gasteiger partial charge in [0.05, 0.1) is 33.8 Å². The highest BCUT2D eigenvalue weighted by Gasteiger charge is 2.27. The number of quaternary nitrogens is 1. The summed E-state index contributed by atoms with van der Waals surface area (Å²) in [7, 11) is 1.18. The molecule has 3 unspecified atom stereocenters. The lowest BCUT2D eigenvalue weighted by Crippen LogP contribution is -2.47. The number of amides is 1. The zero-order chi connectivity index (χ0) is 51.5. The van der Waals surface area contributed by atoms with Crippen molar-refractivity contribution in [3.8, 4) is 0 Å². The SMILES string of the molecule is CC/C=C/C/C=C/C/C=C/CCCCCCCCC(=O)NC(COP(=O)([O-])OCC[N+](C)(C)C)C(/C=C/CCCCCCCCCCC)OC(=O)CCCCCCCCCCCCCCCCCCC. The molecule has 410 valence electrons. The van der Waals surface area contributed by atoms with Crippen molar-refractivity contribution in [3.63, 3.8) is 0 Å². The standard InChI is InChI=1S/C60H113N2O7P/c1-7-10-13-16-19-22-25-27-29-31-33-35-38-41-44-47-50-53-60(64)69-58(51-48-45-42-39-36-24-21-18-15-12-9-3)57(56-68-70(65,66)67-55-54-62(4,5)6)61-59(63)52-49-46-43-40-37-34-32-30-28-26-23-20-17-14-11-8-2/h11,14,20,23,28,30,48,51,57-58H,7-10,12-13,15-19,21-22,24-27,29,31-47,49-50,52-56H2,1-6H3,(H-,61,63,65,66)/b14-11+,23-20+,30-28+,51-48+. The van der Waals surface area contributed by atoms with Gasteiger partial charge in [-0.1, -0.05) is 243 Å². The molecule has 1 amide bonds. The van der Waals surface area contributed by atoms with Crippen LogP contribution in [-0.2, 0) is 27.9 Å². The molecule has 0 radical (unpaired) electrons. The number of hydrogen-bond acceptors (Lipinski definition) is 7. The molecular formula is C60H113N2O7P. The largest absolute Gasteiger partial charge is 0.756 e. The Labute approximate surface area is 433 Å². The van der Waals surface area contributed by atoms with Crippen molar-refractivity contribution < 1.29 is 37.3 Å². The van der Waals surface area contributed by atoms with E-state index in [1.54, 1.807) is 0 Å². The summed E-state index contributed by atoms with van der Waals surface area (Å²) in [4.78, 5) is 39.9. The fourth-order valence-corrected chi connectivity index (χ4v) is 9.20. The summed E-state index contributed by atoms with van der Waals surface area (Å²) in [6.45, 7) is 6.73. The van der Waals surface area contributed by atoms with Gasteiger partial charge < -0.3 is 28.5 Å². The highest BCUT2D eigenvalue weighted by molar-refractivity contribution is 7.45. The van der Waals surface area contributed by atoms with Gasteiger partial charge >= 0.3 is 5.97 Å². The Morgan fingerprint density at radius 1 is 0.514 bits per heavy atom. The molecule has 10 heteroatoms. The number of hydrogen-bond donors (Lipinski definition) is 1. The number of carbonyl (C=O) groups is 2. The van der Waals surface area contributed by atoms with Gasteiger partial charge in [-0.25, -0.2) is 0 Å². The highest BCUT2D eigenvalue weighted by atomic mass is 31.2. The Kier molecular flexibility index (Phi) is 49.0. The summed E-state index contributed by atoms with van der Waals surface area (Å²) in [6.07, 6.45) is 60.7. The van der Waals surface area contributed by atoms with E-state index < -0.39 is 26.6 Å². The number of ether oxygens (including phenoxy) is 1. The molecule has 0 aromatic rings. The lowest BCUT2D eigenvalue weighted by Gasteiger charge is -2.30. The van der Waals surface area contributed by atoms with Crippen molar-refractivity contribution in [2.45, 2.75) is 283 Å². The Balaban J connectivity index is 5.28. The van der Waals surface area contributed by atoms with Crippen LogP contribution in [0.2, 0.25) is 0 Å². The van der Waals surface area contributed by atoms with Gasteiger partial charge in [0.25, 0.3) is 7.82 Å². The molecular weight excluding hydrogens is 892 g/mol. The van der Waals surface area contributed by atoms with Crippen LogP contribution >= 0.6 is 7.82 Å². The fourth-order valence-electron chi connectivity index (χ4n) is 8.48. The molecule has 70 heavy (non-hydrogen) atoms. The molecule has 0 saturated heterocycles. The van der Waals surface area contributed by atoms with Crippen molar-refractivity contribution in [2.24, 2.45) is 0 Å². The Morgan fingerprint density at radius 3 is 1.37 bits per heavy atom. The topological polar surface area (TPSA) is 114 Å². The maximum absolute atomic E-state index is 13.5. The number of nitrogens with zero attached hydrogens (tertiary/aromatic N) is 1.